The molecule has 0 aliphatic rings. The summed E-state index contributed by atoms with van der Waals surface area (Å²) in [6.07, 6.45) is 9.97. The zero-order chi connectivity index (χ0) is 9.40. The van der Waals surface area contributed by atoms with Crippen molar-refractivity contribution in [1.29, 1.82) is 0 Å². The van der Waals surface area contributed by atoms with Crippen LogP contribution >= 0.6 is 0 Å². The molecule has 0 rings (SSSR count). The average Bonchev–Trinajstić information content (AvgIpc) is 2.13. The Morgan fingerprint density at radius 3 is 1.08 bits per heavy atom. The van der Waals surface area contributed by atoms with E-state index >= 15 is 0 Å². The summed E-state index contributed by atoms with van der Waals surface area (Å²) in [5.74, 6) is 1.62. The lowest BCUT2D eigenvalue weighted by Gasteiger charge is -2.09. The maximum atomic E-state index is 2.41. The summed E-state index contributed by atoms with van der Waals surface area (Å²) in [5.41, 5.74) is 0. The Balaban J connectivity index is 3.83. The molecule has 0 radical (unpaired) electrons. The Labute approximate surface area is 78.1 Å². The highest BCUT2D eigenvalue weighted by Gasteiger charge is 2.00. The molecule has 0 aliphatic carbocycles. The first-order valence-corrected chi connectivity index (χ1v) is 5.46. The fraction of sp³-hybridized carbons (Fsp3) is 0.833. The third kappa shape index (κ3) is 4.58. The summed E-state index contributed by atoms with van der Waals surface area (Å²) in [4.78, 5) is 0. The predicted octanol–water partition coefficient (Wildman–Crippen LogP) is 4.42. The summed E-state index contributed by atoms with van der Waals surface area (Å²) >= 11 is 0. The summed E-state index contributed by atoms with van der Waals surface area (Å²) < 4.78 is 0. The molecule has 0 aromatic heterocycles. The largest absolute Gasteiger partial charge is 0.0852 e. The van der Waals surface area contributed by atoms with Crippen LogP contribution in [0.4, 0.5) is 0 Å². The van der Waals surface area contributed by atoms with Crippen LogP contribution in [0.2, 0.25) is 0 Å². The quantitative estimate of drug-likeness (QED) is 0.515. The molecule has 0 atom stereocenters. The predicted molar refractivity (Wildman–Crippen MR) is 57.3 cm³/mol. The normalized spacial score (nSPS) is 12.2. The summed E-state index contributed by atoms with van der Waals surface area (Å²) in [5, 5.41) is 0. The van der Waals surface area contributed by atoms with Gasteiger partial charge in [0.2, 0.25) is 0 Å². The molecular formula is C12H24. The van der Waals surface area contributed by atoms with E-state index in [2.05, 4.69) is 39.8 Å². The monoisotopic (exact) mass is 168 g/mol. The lowest BCUT2D eigenvalue weighted by Crippen LogP contribution is -1.95. The van der Waals surface area contributed by atoms with Gasteiger partial charge in [0.1, 0.15) is 0 Å². The fourth-order valence-corrected chi connectivity index (χ4v) is 1.44. The molecule has 12 heavy (non-hydrogen) atoms. The molecule has 0 nitrogen and oxygen atoms in total. The molecule has 0 heteroatoms. The molecule has 0 saturated carbocycles. The third-order valence-electron chi connectivity index (χ3n) is 2.75. The minimum atomic E-state index is 0.811. The van der Waals surface area contributed by atoms with E-state index in [0.29, 0.717) is 0 Å². The molecule has 0 aromatic carbocycles. The van der Waals surface area contributed by atoms with Crippen molar-refractivity contribution in [1.82, 2.24) is 0 Å². The van der Waals surface area contributed by atoms with Gasteiger partial charge >= 0.3 is 0 Å². The highest BCUT2D eigenvalue weighted by molar-refractivity contribution is 4.91. The van der Waals surface area contributed by atoms with E-state index < -0.39 is 0 Å². The Bertz CT molecular complexity index is 91.2. The third-order valence-corrected chi connectivity index (χ3v) is 2.75. The van der Waals surface area contributed by atoms with Crippen molar-refractivity contribution in [2.75, 3.05) is 0 Å². The number of rotatable bonds is 6. The van der Waals surface area contributed by atoms with Gasteiger partial charge in [-0.2, -0.15) is 0 Å². The van der Waals surface area contributed by atoms with Crippen molar-refractivity contribution in [3.63, 3.8) is 0 Å². The van der Waals surface area contributed by atoms with Gasteiger partial charge in [0, 0.05) is 0 Å². The van der Waals surface area contributed by atoms with Crippen LogP contribution in [0.25, 0.3) is 0 Å². The van der Waals surface area contributed by atoms with E-state index in [1.807, 2.05) is 0 Å². The van der Waals surface area contributed by atoms with Crippen molar-refractivity contribution in [3.8, 4) is 0 Å². The van der Waals surface area contributed by atoms with Crippen LogP contribution in [0.5, 0.6) is 0 Å². The SMILES string of the molecule is CCC(/C=C/C(CC)CC)CC. The molecule has 0 spiro atoms. The Morgan fingerprint density at radius 2 is 0.917 bits per heavy atom. The summed E-state index contributed by atoms with van der Waals surface area (Å²) in [6, 6.07) is 0. The van der Waals surface area contributed by atoms with Crippen LogP contribution in [-0.4, -0.2) is 0 Å². The molecule has 0 unspecified atom stereocenters. The Hall–Kier alpha value is -0.260. The van der Waals surface area contributed by atoms with Crippen molar-refractivity contribution in [3.05, 3.63) is 12.2 Å². The molecule has 0 heterocycles. The second-order valence-electron chi connectivity index (χ2n) is 3.54. The van der Waals surface area contributed by atoms with Gasteiger partial charge in [-0.25, -0.2) is 0 Å². The number of hydrogen-bond acceptors (Lipinski definition) is 0. The van der Waals surface area contributed by atoms with Gasteiger partial charge in [0.15, 0.2) is 0 Å². The minimum absolute atomic E-state index is 0.811. The van der Waals surface area contributed by atoms with Crippen LogP contribution in [0, 0.1) is 11.8 Å². The minimum Gasteiger partial charge on any atom is -0.0852 e. The van der Waals surface area contributed by atoms with E-state index in [1.54, 1.807) is 0 Å². The summed E-state index contributed by atoms with van der Waals surface area (Å²) in [7, 11) is 0. The van der Waals surface area contributed by atoms with Crippen LogP contribution in [0.15, 0.2) is 12.2 Å². The van der Waals surface area contributed by atoms with Crippen molar-refractivity contribution in [2.24, 2.45) is 11.8 Å². The van der Waals surface area contributed by atoms with Gasteiger partial charge in [-0.3, -0.25) is 0 Å². The fourth-order valence-electron chi connectivity index (χ4n) is 1.44. The second kappa shape index (κ2) is 7.39. The first-order chi connectivity index (χ1) is 5.78. The molecule has 0 aliphatic heterocycles. The highest BCUT2D eigenvalue weighted by atomic mass is 14.1. The van der Waals surface area contributed by atoms with Gasteiger partial charge in [-0.05, 0) is 37.5 Å². The highest BCUT2D eigenvalue weighted by Crippen LogP contribution is 2.14. The molecule has 0 bridgehead atoms. The Kier molecular flexibility index (Phi) is 7.23. The van der Waals surface area contributed by atoms with Crippen LogP contribution < -0.4 is 0 Å². The van der Waals surface area contributed by atoms with Gasteiger partial charge in [-0.1, -0.05) is 39.8 Å². The molecular weight excluding hydrogens is 144 g/mol. The lowest BCUT2D eigenvalue weighted by molar-refractivity contribution is 0.572. The number of hydrogen-bond donors (Lipinski definition) is 0. The lowest BCUT2D eigenvalue weighted by atomic mass is 9.97. The van der Waals surface area contributed by atoms with Gasteiger partial charge in [0.25, 0.3) is 0 Å². The Morgan fingerprint density at radius 1 is 0.667 bits per heavy atom. The van der Waals surface area contributed by atoms with Crippen LogP contribution in [0.3, 0.4) is 0 Å². The maximum Gasteiger partial charge on any atom is -0.0239 e. The number of allylic oxidation sites excluding steroid dienone is 2. The van der Waals surface area contributed by atoms with Crippen molar-refractivity contribution < 1.29 is 0 Å². The summed E-state index contributed by atoms with van der Waals surface area (Å²) in [6.45, 7) is 9.08. The second-order valence-corrected chi connectivity index (χ2v) is 3.54. The van der Waals surface area contributed by atoms with Gasteiger partial charge in [-0.15, -0.1) is 0 Å². The molecule has 0 amide bonds. The van der Waals surface area contributed by atoms with Crippen molar-refractivity contribution in [2.45, 2.75) is 53.4 Å². The van der Waals surface area contributed by atoms with Gasteiger partial charge < -0.3 is 0 Å². The molecule has 0 saturated heterocycles. The zero-order valence-corrected chi connectivity index (χ0v) is 9.14. The van der Waals surface area contributed by atoms with E-state index in [-0.39, 0.29) is 0 Å². The average molecular weight is 168 g/mol. The van der Waals surface area contributed by atoms with E-state index in [1.165, 1.54) is 25.7 Å². The topological polar surface area (TPSA) is 0 Å². The van der Waals surface area contributed by atoms with Crippen molar-refractivity contribution >= 4 is 0 Å². The first-order valence-electron chi connectivity index (χ1n) is 5.46. The smallest absolute Gasteiger partial charge is 0.0239 e. The van der Waals surface area contributed by atoms with Crippen LogP contribution in [0.1, 0.15) is 53.4 Å². The molecule has 0 aromatic rings. The molecule has 0 N–H and O–H groups in total. The maximum absolute atomic E-state index is 2.41. The molecule has 72 valence electrons. The van der Waals surface area contributed by atoms with Crippen LogP contribution in [-0.2, 0) is 0 Å². The van der Waals surface area contributed by atoms with E-state index in [0.717, 1.165) is 11.8 Å². The zero-order valence-electron chi connectivity index (χ0n) is 9.14. The van der Waals surface area contributed by atoms with E-state index in [9.17, 15) is 0 Å². The van der Waals surface area contributed by atoms with E-state index in [4.69, 9.17) is 0 Å². The molecule has 0 fully saturated rings. The van der Waals surface area contributed by atoms with Gasteiger partial charge in [0.05, 0.1) is 0 Å². The standard InChI is InChI=1S/C12H24/c1-5-11(6-2)9-10-12(7-3)8-4/h9-12H,5-8H2,1-4H3/b10-9+. The first kappa shape index (κ1) is 11.7.